The molecule has 14 heteroatoms. The quantitative estimate of drug-likeness (QED) is 0.601. The maximum atomic E-state index is 12.9. The standard InChI is InChI=1S/C16H21ClF3N3O5S2/c1-29(25,26)23-8-5-11(6-9-23)22-15(24)4-7-21-30(27,28)12-2-3-14(17)13(10-12)16(18,19)20/h2-3,10-11,21H,4-9H2,1H3,(H,22,24). The maximum Gasteiger partial charge on any atom is 0.417 e. The topological polar surface area (TPSA) is 113 Å². The molecule has 2 rings (SSSR count). The summed E-state index contributed by atoms with van der Waals surface area (Å²) in [5.41, 5.74) is -1.27. The molecule has 1 aromatic rings. The second kappa shape index (κ2) is 9.39. The lowest BCUT2D eigenvalue weighted by molar-refractivity contribution is -0.137. The number of hydrogen-bond acceptors (Lipinski definition) is 5. The average Bonchev–Trinajstić information content (AvgIpc) is 2.60. The number of carbonyl (C=O) groups excluding carboxylic acids is 1. The number of halogens is 4. The minimum absolute atomic E-state index is 0.231. The van der Waals surface area contributed by atoms with Crippen molar-refractivity contribution in [3.63, 3.8) is 0 Å². The van der Waals surface area contributed by atoms with Gasteiger partial charge in [0.1, 0.15) is 0 Å². The van der Waals surface area contributed by atoms with Gasteiger partial charge in [0.2, 0.25) is 26.0 Å². The minimum Gasteiger partial charge on any atom is -0.353 e. The highest BCUT2D eigenvalue weighted by atomic mass is 35.5. The van der Waals surface area contributed by atoms with E-state index in [1.54, 1.807) is 0 Å². The molecule has 0 unspecified atom stereocenters. The molecule has 0 aliphatic carbocycles. The zero-order valence-corrected chi connectivity index (χ0v) is 18.3. The summed E-state index contributed by atoms with van der Waals surface area (Å²) in [7, 11) is -7.56. The van der Waals surface area contributed by atoms with Gasteiger partial charge in [-0.2, -0.15) is 13.2 Å². The van der Waals surface area contributed by atoms with Crippen LogP contribution in [0.5, 0.6) is 0 Å². The molecule has 1 aliphatic rings. The highest BCUT2D eigenvalue weighted by Gasteiger charge is 2.34. The van der Waals surface area contributed by atoms with Crippen LogP contribution in [0.25, 0.3) is 0 Å². The van der Waals surface area contributed by atoms with Crippen molar-refractivity contribution >= 4 is 37.6 Å². The predicted molar refractivity (Wildman–Crippen MR) is 104 cm³/mol. The second-order valence-electron chi connectivity index (χ2n) is 6.79. The summed E-state index contributed by atoms with van der Waals surface area (Å²) in [4.78, 5) is 11.4. The van der Waals surface area contributed by atoms with E-state index in [1.807, 2.05) is 0 Å². The molecule has 0 aromatic heterocycles. The van der Waals surface area contributed by atoms with E-state index in [4.69, 9.17) is 11.6 Å². The minimum atomic E-state index is -4.81. The van der Waals surface area contributed by atoms with Gasteiger partial charge in [-0.25, -0.2) is 25.9 Å². The Bertz CT molecular complexity index is 992. The second-order valence-corrected chi connectivity index (χ2v) is 10.9. The third-order valence-electron chi connectivity index (χ3n) is 4.49. The van der Waals surface area contributed by atoms with Crippen LogP contribution < -0.4 is 10.0 Å². The van der Waals surface area contributed by atoms with Crippen LogP contribution in [0.15, 0.2) is 23.1 Å². The van der Waals surface area contributed by atoms with Crippen molar-refractivity contribution in [2.45, 2.75) is 36.4 Å². The summed E-state index contributed by atoms with van der Waals surface area (Å²) in [6.45, 7) is 0.226. The molecular weight excluding hydrogens is 471 g/mol. The molecule has 0 radical (unpaired) electrons. The highest BCUT2D eigenvalue weighted by Crippen LogP contribution is 2.35. The first-order chi connectivity index (χ1) is 13.7. The van der Waals surface area contributed by atoms with Crippen molar-refractivity contribution in [1.29, 1.82) is 0 Å². The van der Waals surface area contributed by atoms with Gasteiger partial charge in [-0.05, 0) is 31.0 Å². The number of rotatable bonds is 7. The summed E-state index contributed by atoms with van der Waals surface area (Å²) in [5.74, 6) is -0.456. The van der Waals surface area contributed by atoms with Crippen LogP contribution in [0.4, 0.5) is 13.2 Å². The largest absolute Gasteiger partial charge is 0.417 e. The Morgan fingerprint density at radius 1 is 1.20 bits per heavy atom. The van der Waals surface area contributed by atoms with Crippen LogP contribution in [0.1, 0.15) is 24.8 Å². The van der Waals surface area contributed by atoms with Gasteiger partial charge in [0, 0.05) is 32.1 Å². The maximum absolute atomic E-state index is 12.9. The van der Waals surface area contributed by atoms with E-state index < -0.39 is 47.6 Å². The first-order valence-electron chi connectivity index (χ1n) is 8.81. The Morgan fingerprint density at radius 2 is 1.80 bits per heavy atom. The van der Waals surface area contributed by atoms with Crippen LogP contribution in [0, 0.1) is 0 Å². The van der Waals surface area contributed by atoms with Gasteiger partial charge in [0.05, 0.1) is 21.7 Å². The number of amides is 1. The summed E-state index contributed by atoms with van der Waals surface area (Å²) < 4.78 is 89.4. The lowest BCUT2D eigenvalue weighted by Gasteiger charge is -2.30. The number of alkyl halides is 3. The molecule has 1 aliphatic heterocycles. The average molecular weight is 492 g/mol. The van der Waals surface area contributed by atoms with E-state index >= 15 is 0 Å². The molecular formula is C16H21ClF3N3O5S2. The molecule has 1 saturated heterocycles. The van der Waals surface area contributed by atoms with Gasteiger partial charge in [-0.3, -0.25) is 4.79 Å². The first-order valence-corrected chi connectivity index (χ1v) is 12.5. The molecule has 30 heavy (non-hydrogen) atoms. The third-order valence-corrected chi connectivity index (χ3v) is 7.58. The normalized spacial score (nSPS) is 17.1. The SMILES string of the molecule is CS(=O)(=O)N1CCC(NC(=O)CCNS(=O)(=O)c2ccc(Cl)c(C(F)(F)F)c2)CC1. The first kappa shape index (κ1) is 24.9. The summed E-state index contributed by atoms with van der Waals surface area (Å²) in [6.07, 6.45) is -3.08. The Labute approximate surface area is 177 Å². The molecule has 0 bridgehead atoms. The van der Waals surface area contributed by atoms with Crippen molar-refractivity contribution in [3.05, 3.63) is 28.8 Å². The molecule has 0 saturated carbocycles. The van der Waals surface area contributed by atoms with Gasteiger partial charge in [-0.1, -0.05) is 11.6 Å². The van der Waals surface area contributed by atoms with Crippen molar-refractivity contribution in [3.8, 4) is 0 Å². The van der Waals surface area contributed by atoms with Crippen LogP contribution >= 0.6 is 11.6 Å². The smallest absolute Gasteiger partial charge is 0.353 e. The van der Waals surface area contributed by atoms with Gasteiger partial charge in [0.15, 0.2) is 0 Å². The van der Waals surface area contributed by atoms with Gasteiger partial charge < -0.3 is 5.32 Å². The molecule has 0 atom stereocenters. The Hall–Kier alpha value is -1.41. The Balaban J connectivity index is 1.87. The molecule has 0 spiro atoms. The summed E-state index contributed by atoms with van der Waals surface area (Å²) >= 11 is 5.48. The van der Waals surface area contributed by atoms with E-state index in [0.29, 0.717) is 18.9 Å². The van der Waals surface area contributed by atoms with Crippen LogP contribution in [0.3, 0.4) is 0 Å². The Kier molecular flexibility index (Phi) is 7.78. The van der Waals surface area contributed by atoms with Crippen molar-refractivity contribution < 1.29 is 34.8 Å². The number of carbonyl (C=O) groups is 1. The van der Waals surface area contributed by atoms with Crippen LogP contribution in [-0.2, 0) is 31.0 Å². The van der Waals surface area contributed by atoms with Crippen LogP contribution in [-0.4, -0.2) is 59.0 Å². The molecule has 1 aromatic carbocycles. The fraction of sp³-hybridized carbons (Fsp3) is 0.562. The fourth-order valence-electron chi connectivity index (χ4n) is 2.90. The van der Waals surface area contributed by atoms with Gasteiger partial charge in [-0.15, -0.1) is 0 Å². The van der Waals surface area contributed by atoms with E-state index in [0.717, 1.165) is 18.4 Å². The van der Waals surface area contributed by atoms with E-state index in [2.05, 4.69) is 10.0 Å². The van der Waals surface area contributed by atoms with Crippen molar-refractivity contribution in [1.82, 2.24) is 14.3 Å². The summed E-state index contributed by atoms with van der Waals surface area (Å²) in [6, 6.07) is 1.97. The third kappa shape index (κ3) is 6.80. The molecule has 1 heterocycles. The molecule has 170 valence electrons. The zero-order chi connectivity index (χ0) is 22.7. The zero-order valence-electron chi connectivity index (χ0n) is 15.9. The van der Waals surface area contributed by atoms with Gasteiger partial charge >= 0.3 is 6.18 Å². The van der Waals surface area contributed by atoms with Gasteiger partial charge in [0.25, 0.3) is 0 Å². The lowest BCUT2D eigenvalue weighted by Crippen LogP contribution is -2.46. The molecule has 8 nitrogen and oxygen atoms in total. The number of sulfonamides is 2. The molecule has 2 N–H and O–H groups in total. The van der Waals surface area contributed by atoms with E-state index in [9.17, 15) is 34.8 Å². The predicted octanol–water partition coefficient (Wildman–Crippen LogP) is 1.57. The molecule has 1 fully saturated rings. The fourth-order valence-corrected chi connectivity index (χ4v) is 5.06. The van der Waals surface area contributed by atoms with Crippen molar-refractivity contribution in [2.75, 3.05) is 25.9 Å². The highest BCUT2D eigenvalue weighted by molar-refractivity contribution is 7.89. The van der Waals surface area contributed by atoms with E-state index in [-0.39, 0.29) is 32.1 Å². The van der Waals surface area contributed by atoms with E-state index in [1.165, 1.54) is 4.31 Å². The lowest BCUT2D eigenvalue weighted by atomic mass is 10.1. The molecule has 1 amide bonds. The van der Waals surface area contributed by atoms with Crippen molar-refractivity contribution in [2.24, 2.45) is 0 Å². The monoisotopic (exact) mass is 491 g/mol. The number of piperidine rings is 1. The van der Waals surface area contributed by atoms with Crippen LogP contribution in [0.2, 0.25) is 5.02 Å². The number of hydrogen-bond donors (Lipinski definition) is 2. The number of benzene rings is 1. The number of nitrogens with zero attached hydrogens (tertiary/aromatic N) is 1. The number of nitrogens with one attached hydrogen (secondary N) is 2. The Morgan fingerprint density at radius 3 is 2.33 bits per heavy atom. The summed E-state index contributed by atoms with van der Waals surface area (Å²) in [5, 5.41) is 2.07.